The molecule has 1 aromatic carbocycles. The molecule has 126 valence electrons. The summed E-state index contributed by atoms with van der Waals surface area (Å²) < 4.78 is 5.24. The Bertz CT molecular complexity index is 794. The Morgan fingerprint density at radius 3 is 2.67 bits per heavy atom. The van der Waals surface area contributed by atoms with Crippen molar-refractivity contribution in [3.8, 4) is 5.75 Å². The Labute approximate surface area is 145 Å². The van der Waals surface area contributed by atoms with Gasteiger partial charge in [0.25, 0.3) is 5.91 Å². The van der Waals surface area contributed by atoms with Gasteiger partial charge in [-0.25, -0.2) is 0 Å². The van der Waals surface area contributed by atoms with Crippen LogP contribution in [0.15, 0.2) is 30.3 Å². The van der Waals surface area contributed by atoms with Gasteiger partial charge in [-0.05, 0) is 31.1 Å². The van der Waals surface area contributed by atoms with Gasteiger partial charge in [-0.3, -0.25) is 9.59 Å². The molecule has 3 N–H and O–H groups in total. The molecular formula is C18H20N2O3S. The topological polar surface area (TPSA) is 81.4 Å². The second-order valence-electron chi connectivity index (χ2n) is 5.12. The van der Waals surface area contributed by atoms with Gasteiger partial charge in [-0.2, -0.15) is 0 Å². The van der Waals surface area contributed by atoms with Crippen molar-refractivity contribution in [2.75, 3.05) is 12.4 Å². The van der Waals surface area contributed by atoms with Gasteiger partial charge in [-0.15, -0.1) is 11.3 Å². The van der Waals surface area contributed by atoms with E-state index >= 15 is 0 Å². The van der Waals surface area contributed by atoms with Crippen molar-refractivity contribution in [3.05, 3.63) is 51.9 Å². The summed E-state index contributed by atoms with van der Waals surface area (Å²) in [5.74, 6) is -0.174. The highest BCUT2D eigenvalue weighted by atomic mass is 32.1. The predicted octanol–water partition coefficient (Wildman–Crippen LogP) is 3.38. The van der Waals surface area contributed by atoms with Crippen molar-refractivity contribution in [1.82, 2.24) is 0 Å². The van der Waals surface area contributed by atoms with Crippen LogP contribution in [0, 0.1) is 6.92 Å². The number of benzene rings is 1. The van der Waals surface area contributed by atoms with Gasteiger partial charge < -0.3 is 15.8 Å². The van der Waals surface area contributed by atoms with Crippen LogP contribution in [0.5, 0.6) is 5.75 Å². The number of hydrogen-bond donors (Lipinski definition) is 2. The Balaban J connectivity index is 2.21. The van der Waals surface area contributed by atoms with Crippen LogP contribution in [-0.4, -0.2) is 18.9 Å². The number of ether oxygens (including phenoxy) is 1. The van der Waals surface area contributed by atoms with Crippen molar-refractivity contribution < 1.29 is 14.3 Å². The van der Waals surface area contributed by atoms with Crippen molar-refractivity contribution in [3.63, 3.8) is 0 Å². The normalized spacial score (nSPS) is 10.8. The lowest BCUT2D eigenvalue weighted by molar-refractivity contribution is -0.111. The number of carbonyl (C=O) groups is 2. The summed E-state index contributed by atoms with van der Waals surface area (Å²) in [6.45, 7) is 3.87. The minimum Gasteiger partial charge on any atom is -0.496 e. The molecule has 0 fully saturated rings. The molecule has 0 aliphatic carbocycles. The molecule has 24 heavy (non-hydrogen) atoms. The smallest absolute Gasteiger partial charge is 0.251 e. The predicted molar refractivity (Wildman–Crippen MR) is 97.6 cm³/mol. The molecule has 0 radical (unpaired) electrons. The second-order valence-corrected chi connectivity index (χ2v) is 6.35. The lowest BCUT2D eigenvalue weighted by Crippen LogP contribution is -2.16. The van der Waals surface area contributed by atoms with Crippen molar-refractivity contribution in [1.29, 1.82) is 0 Å². The number of para-hydroxylation sites is 1. The maximum Gasteiger partial charge on any atom is 0.251 e. The van der Waals surface area contributed by atoms with E-state index in [9.17, 15) is 9.59 Å². The fraction of sp³-hybridized carbons (Fsp3) is 0.222. The number of amides is 2. The van der Waals surface area contributed by atoms with Gasteiger partial charge in [0.1, 0.15) is 10.8 Å². The first-order valence-corrected chi connectivity index (χ1v) is 8.33. The summed E-state index contributed by atoms with van der Waals surface area (Å²) in [4.78, 5) is 24.9. The number of carbonyl (C=O) groups excluding carboxylic acids is 2. The maximum absolute atomic E-state index is 12.2. The fourth-order valence-corrected chi connectivity index (χ4v) is 3.63. The lowest BCUT2D eigenvalue weighted by Gasteiger charge is -2.04. The minimum absolute atomic E-state index is 0.327. The molecule has 1 aromatic heterocycles. The Hall–Kier alpha value is -2.60. The van der Waals surface area contributed by atoms with E-state index in [4.69, 9.17) is 10.5 Å². The third kappa shape index (κ3) is 3.83. The van der Waals surface area contributed by atoms with Gasteiger partial charge in [0.15, 0.2) is 0 Å². The zero-order valence-electron chi connectivity index (χ0n) is 13.9. The van der Waals surface area contributed by atoms with Crippen LogP contribution in [0.25, 0.3) is 6.08 Å². The molecule has 1 heterocycles. The van der Waals surface area contributed by atoms with Gasteiger partial charge in [0.05, 0.1) is 12.7 Å². The summed E-state index contributed by atoms with van der Waals surface area (Å²) in [6.07, 6.45) is 3.76. The van der Waals surface area contributed by atoms with Crippen LogP contribution in [0.4, 0.5) is 5.00 Å². The highest BCUT2D eigenvalue weighted by Crippen LogP contribution is 2.33. The van der Waals surface area contributed by atoms with E-state index in [2.05, 4.69) is 5.32 Å². The molecule has 0 saturated heterocycles. The molecular weight excluding hydrogens is 324 g/mol. The first kappa shape index (κ1) is 17.7. The van der Waals surface area contributed by atoms with Gasteiger partial charge in [0.2, 0.25) is 5.91 Å². The standard InChI is InChI=1S/C18H20N2O3S/c1-4-13-11(2)24-18(16(13)17(19)22)20-15(21)10-9-12-7-5-6-8-14(12)23-3/h5-10H,4H2,1-3H3,(H2,19,22)(H,20,21)/b10-9+. The molecule has 2 amide bonds. The zero-order valence-corrected chi connectivity index (χ0v) is 14.7. The molecule has 5 nitrogen and oxygen atoms in total. The number of primary amides is 1. The summed E-state index contributed by atoms with van der Waals surface area (Å²) >= 11 is 1.36. The van der Waals surface area contributed by atoms with Crippen LogP contribution in [0.2, 0.25) is 0 Å². The molecule has 0 saturated carbocycles. The molecule has 0 aliphatic heterocycles. The lowest BCUT2D eigenvalue weighted by atomic mass is 10.1. The number of aryl methyl sites for hydroxylation is 1. The number of nitrogens with two attached hydrogens (primary N) is 1. The summed E-state index contributed by atoms with van der Waals surface area (Å²) in [5.41, 5.74) is 7.55. The molecule has 0 bridgehead atoms. The quantitative estimate of drug-likeness (QED) is 0.788. The highest BCUT2D eigenvalue weighted by molar-refractivity contribution is 7.16. The van der Waals surface area contributed by atoms with Crippen LogP contribution in [0.1, 0.15) is 33.3 Å². The first-order valence-electron chi connectivity index (χ1n) is 7.52. The van der Waals surface area contributed by atoms with Crippen LogP contribution in [-0.2, 0) is 11.2 Å². The Morgan fingerprint density at radius 1 is 1.33 bits per heavy atom. The second kappa shape index (κ2) is 7.79. The van der Waals surface area contributed by atoms with E-state index < -0.39 is 5.91 Å². The average molecular weight is 344 g/mol. The van der Waals surface area contributed by atoms with Crippen molar-refractivity contribution in [2.24, 2.45) is 5.73 Å². The fourth-order valence-electron chi connectivity index (χ4n) is 2.48. The minimum atomic E-state index is -0.528. The molecule has 0 atom stereocenters. The van der Waals surface area contributed by atoms with Gasteiger partial charge >= 0.3 is 0 Å². The largest absolute Gasteiger partial charge is 0.496 e. The third-order valence-electron chi connectivity index (χ3n) is 3.60. The van der Waals surface area contributed by atoms with Crippen molar-refractivity contribution >= 4 is 34.2 Å². The summed E-state index contributed by atoms with van der Waals surface area (Å²) in [6, 6.07) is 7.39. The van der Waals surface area contributed by atoms with Crippen LogP contribution < -0.4 is 15.8 Å². The van der Waals surface area contributed by atoms with Crippen molar-refractivity contribution in [2.45, 2.75) is 20.3 Å². The molecule has 2 rings (SSSR count). The number of methoxy groups -OCH3 is 1. The monoisotopic (exact) mass is 344 g/mol. The molecule has 2 aromatic rings. The summed E-state index contributed by atoms with van der Waals surface area (Å²) in [7, 11) is 1.58. The van der Waals surface area contributed by atoms with E-state index in [1.807, 2.05) is 38.1 Å². The Morgan fingerprint density at radius 2 is 2.04 bits per heavy atom. The number of anilines is 1. The molecule has 6 heteroatoms. The maximum atomic E-state index is 12.2. The number of thiophene rings is 1. The van der Waals surface area contributed by atoms with E-state index in [0.29, 0.717) is 22.7 Å². The van der Waals surface area contributed by atoms with Gasteiger partial charge in [0, 0.05) is 16.5 Å². The molecule has 0 aliphatic rings. The molecule has 0 spiro atoms. The third-order valence-corrected chi connectivity index (χ3v) is 4.66. The van der Waals surface area contributed by atoms with E-state index in [-0.39, 0.29) is 5.91 Å². The molecule has 0 unspecified atom stereocenters. The van der Waals surface area contributed by atoms with E-state index in [0.717, 1.165) is 16.0 Å². The number of rotatable bonds is 6. The Kier molecular flexibility index (Phi) is 5.76. The van der Waals surface area contributed by atoms with E-state index in [1.165, 1.54) is 17.4 Å². The summed E-state index contributed by atoms with van der Waals surface area (Å²) in [5, 5.41) is 3.24. The number of nitrogens with one attached hydrogen (secondary N) is 1. The average Bonchev–Trinajstić information content (AvgIpc) is 2.88. The van der Waals surface area contributed by atoms with Gasteiger partial charge in [-0.1, -0.05) is 25.1 Å². The van der Waals surface area contributed by atoms with E-state index in [1.54, 1.807) is 13.2 Å². The first-order chi connectivity index (χ1) is 11.5. The number of hydrogen-bond acceptors (Lipinski definition) is 4. The highest BCUT2D eigenvalue weighted by Gasteiger charge is 2.19. The SMILES string of the molecule is CCc1c(C)sc(NC(=O)/C=C/c2ccccc2OC)c1C(N)=O. The van der Waals surface area contributed by atoms with Crippen LogP contribution >= 0.6 is 11.3 Å². The van der Waals surface area contributed by atoms with Crippen LogP contribution in [0.3, 0.4) is 0 Å². The zero-order chi connectivity index (χ0) is 17.7.